The molecule has 0 heterocycles. The predicted molar refractivity (Wildman–Crippen MR) is 49.4 cm³/mol. The topological polar surface area (TPSA) is 66.4 Å². The molecule has 76 valence electrons. The average molecular weight is 187 g/mol. The highest BCUT2D eigenvalue weighted by Crippen LogP contribution is 2.05. The number of hydrogen-bond acceptors (Lipinski definition) is 2. The fraction of sp³-hybridized carbons (Fsp3) is 0.778. The van der Waals surface area contributed by atoms with Crippen LogP contribution in [0.4, 0.5) is 0 Å². The number of carboxylic acid groups (broad SMARTS) is 1. The van der Waals surface area contributed by atoms with E-state index in [2.05, 4.69) is 12.2 Å². The van der Waals surface area contributed by atoms with E-state index in [9.17, 15) is 9.59 Å². The van der Waals surface area contributed by atoms with Crippen LogP contribution in [-0.4, -0.2) is 23.5 Å². The van der Waals surface area contributed by atoms with Crippen molar-refractivity contribution in [3.05, 3.63) is 0 Å². The fourth-order valence-electron chi connectivity index (χ4n) is 1.14. The lowest BCUT2D eigenvalue weighted by molar-refractivity contribution is -0.140. The summed E-state index contributed by atoms with van der Waals surface area (Å²) in [5, 5.41) is 10.9. The second-order valence-electron chi connectivity index (χ2n) is 3.02. The summed E-state index contributed by atoms with van der Waals surface area (Å²) in [7, 11) is 0. The molecule has 0 rings (SSSR count). The zero-order chi connectivity index (χ0) is 10.1. The average Bonchev–Trinajstić information content (AvgIpc) is 2.10. The van der Waals surface area contributed by atoms with Crippen molar-refractivity contribution in [2.24, 2.45) is 0 Å². The molecule has 1 amide bonds. The lowest BCUT2D eigenvalue weighted by atomic mass is 10.1. The number of amides is 1. The minimum Gasteiger partial charge on any atom is -0.480 e. The van der Waals surface area contributed by atoms with Gasteiger partial charge in [-0.15, -0.1) is 0 Å². The number of carbonyl (C=O) groups is 2. The van der Waals surface area contributed by atoms with Crippen LogP contribution in [0.15, 0.2) is 0 Å². The number of hydrogen-bond donors (Lipinski definition) is 2. The second kappa shape index (κ2) is 7.58. The maximum atomic E-state index is 10.5. The summed E-state index contributed by atoms with van der Waals surface area (Å²) >= 11 is 0. The van der Waals surface area contributed by atoms with Crippen molar-refractivity contribution in [3.8, 4) is 0 Å². The van der Waals surface area contributed by atoms with Crippen LogP contribution in [0.25, 0.3) is 0 Å². The number of nitrogens with one attached hydrogen (secondary N) is 1. The van der Waals surface area contributed by atoms with Gasteiger partial charge in [-0.05, 0) is 6.42 Å². The van der Waals surface area contributed by atoms with Crippen molar-refractivity contribution in [1.29, 1.82) is 0 Å². The lowest BCUT2D eigenvalue weighted by Crippen LogP contribution is -2.35. The van der Waals surface area contributed by atoms with Crippen LogP contribution in [0.3, 0.4) is 0 Å². The number of unbranched alkanes of at least 4 members (excludes halogenated alkanes) is 3. The first-order valence-corrected chi connectivity index (χ1v) is 4.64. The van der Waals surface area contributed by atoms with Gasteiger partial charge in [-0.1, -0.05) is 32.6 Å². The molecule has 4 heteroatoms. The monoisotopic (exact) mass is 187 g/mol. The van der Waals surface area contributed by atoms with Crippen molar-refractivity contribution in [1.82, 2.24) is 5.32 Å². The summed E-state index contributed by atoms with van der Waals surface area (Å²) in [4.78, 5) is 20.6. The Labute approximate surface area is 78.3 Å². The smallest absolute Gasteiger partial charge is 0.326 e. The van der Waals surface area contributed by atoms with E-state index in [1.165, 1.54) is 0 Å². The van der Waals surface area contributed by atoms with E-state index >= 15 is 0 Å². The summed E-state index contributed by atoms with van der Waals surface area (Å²) in [5.74, 6) is -0.955. The van der Waals surface area contributed by atoms with E-state index in [4.69, 9.17) is 5.11 Å². The predicted octanol–water partition coefficient (Wildman–Crippen LogP) is 1.16. The Morgan fingerprint density at radius 2 is 2.15 bits per heavy atom. The van der Waals surface area contributed by atoms with Crippen LogP contribution < -0.4 is 5.32 Å². The number of carboxylic acids is 1. The Balaban J connectivity index is 3.56. The van der Waals surface area contributed by atoms with Gasteiger partial charge in [0.2, 0.25) is 6.41 Å². The molecule has 0 unspecified atom stereocenters. The molecule has 0 aliphatic carbocycles. The van der Waals surface area contributed by atoms with Gasteiger partial charge in [-0.25, -0.2) is 4.79 Å². The Morgan fingerprint density at radius 1 is 1.46 bits per heavy atom. The third kappa shape index (κ3) is 6.13. The molecule has 0 spiro atoms. The van der Waals surface area contributed by atoms with Gasteiger partial charge < -0.3 is 10.4 Å². The van der Waals surface area contributed by atoms with Crippen molar-refractivity contribution in [2.45, 2.75) is 45.1 Å². The van der Waals surface area contributed by atoms with Gasteiger partial charge in [0.15, 0.2) is 0 Å². The largest absolute Gasteiger partial charge is 0.480 e. The first kappa shape index (κ1) is 11.9. The van der Waals surface area contributed by atoms with E-state index in [0.29, 0.717) is 12.8 Å². The molecular formula is C9H17NO3. The summed E-state index contributed by atoms with van der Waals surface area (Å²) in [6.45, 7) is 2.10. The minimum atomic E-state index is -0.955. The maximum Gasteiger partial charge on any atom is 0.326 e. The Morgan fingerprint density at radius 3 is 2.62 bits per heavy atom. The van der Waals surface area contributed by atoms with Crippen LogP contribution in [0.2, 0.25) is 0 Å². The molecule has 13 heavy (non-hydrogen) atoms. The van der Waals surface area contributed by atoms with Gasteiger partial charge >= 0.3 is 5.97 Å². The fourth-order valence-corrected chi connectivity index (χ4v) is 1.14. The molecule has 0 aliphatic rings. The normalized spacial score (nSPS) is 12.1. The van der Waals surface area contributed by atoms with E-state index in [0.717, 1.165) is 25.7 Å². The van der Waals surface area contributed by atoms with Crippen LogP contribution >= 0.6 is 0 Å². The number of aliphatic carboxylic acids is 1. The lowest BCUT2D eigenvalue weighted by Gasteiger charge is -2.09. The molecule has 0 aromatic heterocycles. The molecule has 4 nitrogen and oxygen atoms in total. The third-order valence-electron chi connectivity index (χ3n) is 1.91. The summed E-state index contributed by atoms with van der Waals surface area (Å²) in [6.07, 6.45) is 5.09. The molecule has 0 aromatic carbocycles. The molecule has 0 saturated carbocycles. The van der Waals surface area contributed by atoms with Crippen molar-refractivity contribution in [2.75, 3.05) is 0 Å². The Hall–Kier alpha value is -1.06. The maximum absolute atomic E-state index is 10.5. The van der Waals surface area contributed by atoms with E-state index in [-0.39, 0.29) is 0 Å². The third-order valence-corrected chi connectivity index (χ3v) is 1.91. The zero-order valence-electron chi connectivity index (χ0n) is 7.95. The van der Waals surface area contributed by atoms with Gasteiger partial charge in [0, 0.05) is 0 Å². The van der Waals surface area contributed by atoms with E-state index in [1.54, 1.807) is 0 Å². The first-order valence-electron chi connectivity index (χ1n) is 4.64. The van der Waals surface area contributed by atoms with Crippen LogP contribution in [0.1, 0.15) is 39.0 Å². The van der Waals surface area contributed by atoms with Crippen LogP contribution in [-0.2, 0) is 9.59 Å². The Bertz CT molecular complexity index is 159. The molecule has 0 bridgehead atoms. The van der Waals surface area contributed by atoms with Gasteiger partial charge in [0.25, 0.3) is 0 Å². The van der Waals surface area contributed by atoms with Crippen molar-refractivity contribution >= 4 is 12.4 Å². The molecular weight excluding hydrogens is 170 g/mol. The summed E-state index contributed by atoms with van der Waals surface area (Å²) < 4.78 is 0. The van der Waals surface area contributed by atoms with Crippen molar-refractivity contribution < 1.29 is 14.7 Å². The summed E-state index contributed by atoms with van der Waals surface area (Å²) in [5.41, 5.74) is 0. The highest BCUT2D eigenvalue weighted by Gasteiger charge is 2.14. The van der Waals surface area contributed by atoms with Crippen LogP contribution in [0, 0.1) is 0 Å². The molecule has 2 N–H and O–H groups in total. The molecule has 0 radical (unpaired) electrons. The standard InChI is InChI=1S/C9H17NO3/c1-2-3-4-5-6-8(9(12)13)10-7-11/h7-8H,2-6H2,1H3,(H,10,11)(H,12,13)/t8-/m0/s1. The van der Waals surface area contributed by atoms with Gasteiger partial charge in [0.1, 0.15) is 6.04 Å². The molecule has 1 atom stereocenters. The first-order chi connectivity index (χ1) is 6.22. The SMILES string of the molecule is CCCCCC[C@H](NC=O)C(=O)O. The highest BCUT2D eigenvalue weighted by molar-refractivity contribution is 5.76. The van der Waals surface area contributed by atoms with Gasteiger partial charge in [-0.2, -0.15) is 0 Å². The molecule has 0 aliphatic heterocycles. The minimum absolute atomic E-state index is 0.443. The van der Waals surface area contributed by atoms with E-state index in [1.807, 2.05) is 0 Å². The van der Waals surface area contributed by atoms with E-state index < -0.39 is 12.0 Å². The second-order valence-corrected chi connectivity index (χ2v) is 3.02. The number of rotatable bonds is 8. The zero-order valence-corrected chi connectivity index (χ0v) is 7.95. The molecule has 0 fully saturated rings. The Kier molecular flexibility index (Phi) is 6.96. The van der Waals surface area contributed by atoms with Crippen molar-refractivity contribution in [3.63, 3.8) is 0 Å². The highest BCUT2D eigenvalue weighted by atomic mass is 16.4. The van der Waals surface area contributed by atoms with Crippen LogP contribution in [0.5, 0.6) is 0 Å². The molecule has 0 saturated heterocycles. The summed E-state index contributed by atoms with van der Waals surface area (Å²) in [6, 6.07) is -0.714. The van der Waals surface area contributed by atoms with Gasteiger partial charge in [-0.3, -0.25) is 4.79 Å². The quantitative estimate of drug-likeness (QED) is 0.442. The molecule has 0 aromatic rings. The number of carbonyl (C=O) groups excluding carboxylic acids is 1. The van der Waals surface area contributed by atoms with Gasteiger partial charge in [0.05, 0.1) is 0 Å².